The molecule has 0 radical (unpaired) electrons. The van der Waals surface area contributed by atoms with Gasteiger partial charge in [0.25, 0.3) is 0 Å². The number of esters is 1. The average molecular weight is 301 g/mol. The van der Waals surface area contributed by atoms with Gasteiger partial charge in [-0.3, -0.25) is 4.79 Å². The number of ketones is 1. The molecular weight excluding hydrogens is 286 g/mol. The zero-order valence-electron chi connectivity index (χ0n) is 11.9. The second-order valence-electron chi connectivity index (χ2n) is 5.24. The Bertz CT molecular complexity index is 699. The van der Waals surface area contributed by atoms with Crippen molar-refractivity contribution in [3.63, 3.8) is 0 Å². The molecule has 1 aliphatic carbocycles. The third kappa shape index (κ3) is 2.38. The molecule has 0 saturated heterocycles. The number of hydrogen-bond acceptors (Lipinski definition) is 5. The molecule has 3 rings (SSSR count). The standard InChI is InChI=1S/C16H15NO3S/c1-10(18)13-9-17-15(21-13)16(7-8-16)12-5-3-11(4-6-12)14(19)20-2/h3-6,9H,7-8H2,1-2H3. The molecule has 0 atom stereocenters. The Morgan fingerprint density at radius 1 is 1.24 bits per heavy atom. The van der Waals surface area contributed by atoms with Crippen molar-refractivity contribution in [3.05, 3.63) is 51.5 Å². The van der Waals surface area contributed by atoms with Gasteiger partial charge in [-0.15, -0.1) is 11.3 Å². The molecule has 1 heterocycles. The maximum Gasteiger partial charge on any atom is 0.337 e. The highest BCUT2D eigenvalue weighted by Crippen LogP contribution is 2.54. The first-order chi connectivity index (χ1) is 10.1. The molecule has 0 spiro atoms. The number of nitrogens with zero attached hydrogens (tertiary/aromatic N) is 1. The normalized spacial score (nSPS) is 15.5. The van der Waals surface area contributed by atoms with E-state index in [2.05, 4.69) is 4.98 Å². The van der Waals surface area contributed by atoms with E-state index in [0.29, 0.717) is 10.4 Å². The van der Waals surface area contributed by atoms with Crippen molar-refractivity contribution < 1.29 is 14.3 Å². The lowest BCUT2D eigenvalue weighted by atomic mass is 9.95. The number of aromatic nitrogens is 1. The van der Waals surface area contributed by atoms with E-state index >= 15 is 0 Å². The van der Waals surface area contributed by atoms with Crippen LogP contribution in [0.3, 0.4) is 0 Å². The third-order valence-electron chi connectivity index (χ3n) is 3.87. The summed E-state index contributed by atoms with van der Waals surface area (Å²) in [6, 6.07) is 7.46. The number of Topliss-reactive ketones (excluding diaryl/α,β-unsaturated/α-hetero) is 1. The van der Waals surface area contributed by atoms with Gasteiger partial charge in [0, 0.05) is 18.5 Å². The number of carbonyl (C=O) groups is 2. The molecule has 1 aliphatic rings. The van der Waals surface area contributed by atoms with Crippen molar-refractivity contribution in [3.8, 4) is 0 Å². The van der Waals surface area contributed by atoms with Crippen LogP contribution < -0.4 is 0 Å². The van der Waals surface area contributed by atoms with Crippen LogP contribution in [0.15, 0.2) is 30.5 Å². The smallest absolute Gasteiger partial charge is 0.337 e. The van der Waals surface area contributed by atoms with Crippen molar-refractivity contribution in [1.29, 1.82) is 0 Å². The molecule has 0 bridgehead atoms. The van der Waals surface area contributed by atoms with E-state index in [0.717, 1.165) is 23.4 Å². The van der Waals surface area contributed by atoms with Crippen LogP contribution in [0.4, 0.5) is 0 Å². The minimum atomic E-state index is -0.334. The van der Waals surface area contributed by atoms with Crippen LogP contribution in [-0.4, -0.2) is 23.8 Å². The summed E-state index contributed by atoms with van der Waals surface area (Å²) in [5.74, 6) is -0.282. The van der Waals surface area contributed by atoms with Gasteiger partial charge >= 0.3 is 5.97 Å². The minimum Gasteiger partial charge on any atom is -0.465 e. The van der Waals surface area contributed by atoms with Crippen LogP contribution >= 0.6 is 11.3 Å². The lowest BCUT2D eigenvalue weighted by Crippen LogP contribution is -2.09. The molecule has 108 valence electrons. The maximum atomic E-state index is 11.5. The Kier molecular flexibility index (Phi) is 3.37. The van der Waals surface area contributed by atoms with Crippen LogP contribution in [0.5, 0.6) is 0 Å². The molecular formula is C16H15NO3S. The highest BCUT2D eigenvalue weighted by molar-refractivity contribution is 7.13. The van der Waals surface area contributed by atoms with Crippen molar-refractivity contribution in [2.24, 2.45) is 0 Å². The highest BCUT2D eigenvalue weighted by atomic mass is 32.1. The van der Waals surface area contributed by atoms with E-state index < -0.39 is 0 Å². The van der Waals surface area contributed by atoms with Gasteiger partial charge in [0.2, 0.25) is 0 Å². The zero-order valence-corrected chi connectivity index (χ0v) is 12.7. The summed E-state index contributed by atoms with van der Waals surface area (Å²) in [4.78, 5) is 28.0. The first-order valence-corrected chi connectivity index (χ1v) is 7.54. The molecule has 1 fully saturated rings. The topological polar surface area (TPSA) is 56.3 Å². The molecule has 1 saturated carbocycles. The SMILES string of the molecule is COC(=O)c1ccc(C2(c3ncc(C(C)=O)s3)CC2)cc1. The molecule has 1 aromatic heterocycles. The van der Waals surface area contributed by atoms with Crippen LogP contribution in [-0.2, 0) is 10.2 Å². The van der Waals surface area contributed by atoms with Crippen molar-refractivity contribution in [2.75, 3.05) is 7.11 Å². The second-order valence-corrected chi connectivity index (χ2v) is 6.27. The fourth-order valence-corrected chi connectivity index (χ4v) is 3.53. The van der Waals surface area contributed by atoms with Crippen LogP contribution in [0.25, 0.3) is 0 Å². The molecule has 5 heteroatoms. The van der Waals surface area contributed by atoms with Crippen LogP contribution in [0.1, 0.15) is 50.4 Å². The Balaban J connectivity index is 1.91. The number of carbonyl (C=O) groups excluding carboxylic acids is 2. The summed E-state index contributed by atoms with van der Waals surface area (Å²) in [6.45, 7) is 1.56. The molecule has 1 aromatic carbocycles. The van der Waals surface area contributed by atoms with Crippen molar-refractivity contribution in [2.45, 2.75) is 25.2 Å². The molecule has 21 heavy (non-hydrogen) atoms. The van der Waals surface area contributed by atoms with Gasteiger partial charge in [0.1, 0.15) is 5.01 Å². The van der Waals surface area contributed by atoms with Gasteiger partial charge < -0.3 is 4.74 Å². The average Bonchev–Trinajstić information content (AvgIpc) is 3.15. The summed E-state index contributed by atoms with van der Waals surface area (Å²) in [5.41, 5.74) is 1.60. The summed E-state index contributed by atoms with van der Waals surface area (Å²) in [5, 5.41) is 0.985. The molecule has 4 nitrogen and oxygen atoms in total. The second kappa shape index (κ2) is 5.07. The van der Waals surface area contributed by atoms with Gasteiger partial charge in [-0.25, -0.2) is 9.78 Å². The van der Waals surface area contributed by atoms with Crippen LogP contribution in [0, 0.1) is 0 Å². The number of hydrogen-bond donors (Lipinski definition) is 0. The van der Waals surface area contributed by atoms with Gasteiger partial charge in [0.15, 0.2) is 5.78 Å². The van der Waals surface area contributed by atoms with E-state index in [9.17, 15) is 9.59 Å². The quantitative estimate of drug-likeness (QED) is 0.643. The molecule has 0 unspecified atom stereocenters. The lowest BCUT2D eigenvalue weighted by Gasteiger charge is -2.13. The van der Waals surface area contributed by atoms with Gasteiger partial charge in [0.05, 0.1) is 17.6 Å². The van der Waals surface area contributed by atoms with Gasteiger partial charge in [-0.2, -0.15) is 0 Å². The van der Waals surface area contributed by atoms with Gasteiger partial charge in [-0.05, 0) is 30.5 Å². The molecule has 0 amide bonds. The number of benzene rings is 1. The summed E-state index contributed by atoms with van der Waals surface area (Å²) in [7, 11) is 1.37. The fraction of sp³-hybridized carbons (Fsp3) is 0.312. The Morgan fingerprint density at radius 3 is 2.38 bits per heavy atom. The predicted molar refractivity (Wildman–Crippen MR) is 79.9 cm³/mol. The first kappa shape index (κ1) is 13.9. The number of thiazole rings is 1. The summed E-state index contributed by atoms with van der Waals surface area (Å²) in [6.07, 6.45) is 3.70. The number of methoxy groups -OCH3 is 1. The lowest BCUT2D eigenvalue weighted by molar-refractivity contribution is 0.0600. The molecule has 2 aromatic rings. The van der Waals surface area contributed by atoms with Crippen molar-refractivity contribution >= 4 is 23.1 Å². The van der Waals surface area contributed by atoms with E-state index in [-0.39, 0.29) is 17.2 Å². The minimum absolute atomic E-state index is 0.0515. The highest BCUT2D eigenvalue weighted by Gasteiger charge is 2.48. The summed E-state index contributed by atoms with van der Waals surface area (Å²) < 4.78 is 4.70. The van der Waals surface area contributed by atoms with E-state index in [1.54, 1.807) is 25.3 Å². The maximum absolute atomic E-state index is 11.5. The Hall–Kier alpha value is -2.01. The molecule has 0 aliphatic heterocycles. The number of rotatable bonds is 4. The van der Waals surface area contributed by atoms with Crippen LogP contribution in [0.2, 0.25) is 0 Å². The fourth-order valence-electron chi connectivity index (χ4n) is 2.45. The summed E-state index contributed by atoms with van der Waals surface area (Å²) >= 11 is 1.47. The first-order valence-electron chi connectivity index (χ1n) is 6.73. The largest absolute Gasteiger partial charge is 0.465 e. The monoisotopic (exact) mass is 301 g/mol. The Labute approximate surface area is 126 Å². The predicted octanol–water partition coefficient (Wildman–Crippen LogP) is 3.21. The van der Waals surface area contributed by atoms with E-state index in [1.165, 1.54) is 18.4 Å². The molecule has 0 N–H and O–H groups in total. The van der Waals surface area contributed by atoms with E-state index in [1.807, 2.05) is 12.1 Å². The van der Waals surface area contributed by atoms with Gasteiger partial charge in [-0.1, -0.05) is 12.1 Å². The Morgan fingerprint density at radius 2 is 1.90 bits per heavy atom. The van der Waals surface area contributed by atoms with Crippen molar-refractivity contribution in [1.82, 2.24) is 4.98 Å². The van der Waals surface area contributed by atoms with E-state index in [4.69, 9.17) is 4.74 Å². The number of ether oxygens (including phenoxy) is 1. The zero-order chi connectivity index (χ0) is 15.0. The third-order valence-corrected chi connectivity index (χ3v) is 5.17.